The fourth-order valence-corrected chi connectivity index (χ4v) is 11.4. The zero-order valence-electron chi connectivity index (χ0n) is 16.4. The van der Waals surface area contributed by atoms with Gasteiger partial charge < -0.3 is 5.32 Å². The summed E-state index contributed by atoms with van der Waals surface area (Å²) in [5.41, 5.74) is 3.65. The number of thioether (sulfide) groups is 1. The summed E-state index contributed by atoms with van der Waals surface area (Å²) in [6.45, 7) is 4.50. The van der Waals surface area contributed by atoms with Crippen LogP contribution in [0.2, 0.25) is 0 Å². The van der Waals surface area contributed by atoms with Crippen molar-refractivity contribution in [3.8, 4) is 11.1 Å². The van der Waals surface area contributed by atoms with E-state index < -0.39 is 0 Å². The molecule has 0 spiro atoms. The van der Waals surface area contributed by atoms with Crippen molar-refractivity contribution in [1.29, 1.82) is 0 Å². The molecular weight excluding hydrogens is 402 g/mol. The van der Waals surface area contributed by atoms with Gasteiger partial charge in [-0.1, -0.05) is 18.2 Å². The monoisotopic (exact) mass is 428 g/mol. The molecule has 1 aromatic carbocycles. The van der Waals surface area contributed by atoms with Crippen molar-refractivity contribution in [3.63, 3.8) is 0 Å². The van der Waals surface area contributed by atoms with Gasteiger partial charge in [0, 0.05) is 28.4 Å². The predicted octanol–water partition coefficient (Wildman–Crippen LogP) is 7.25. The van der Waals surface area contributed by atoms with Gasteiger partial charge in [-0.3, -0.25) is 4.79 Å². The Labute approximate surface area is 178 Å². The van der Waals surface area contributed by atoms with Crippen molar-refractivity contribution in [2.75, 3.05) is 5.32 Å². The van der Waals surface area contributed by atoms with E-state index in [9.17, 15) is 4.79 Å². The molecule has 4 saturated carbocycles. The molecule has 0 atom stereocenters. The lowest BCUT2D eigenvalue weighted by atomic mass is 9.50. The molecule has 0 radical (unpaired) electrons. The van der Waals surface area contributed by atoms with E-state index in [1.54, 1.807) is 11.8 Å². The number of hydrogen-bond donors (Lipinski definition) is 1. The van der Waals surface area contributed by atoms with Crippen LogP contribution in [0.3, 0.4) is 0 Å². The van der Waals surface area contributed by atoms with Crippen LogP contribution in [0.15, 0.2) is 28.5 Å². The second kappa shape index (κ2) is 6.05. The number of carbonyl (C=O) groups is 1. The van der Waals surface area contributed by atoms with Crippen molar-refractivity contribution in [1.82, 2.24) is 0 Å². The molecule has 0 saturated heterocycles. The van der Waals surface area contributed by atoms with Crippen LogP contribution in [-0.4, -0.2) is 5.12 Å². The average Bonchev–Trinajstić information content (AvgIpc) is 3.05. The Kier molecular flexibility index (Phi) is 3.87. The number of carbonyl (C=O) groups excluding carboxylic acids is 1. The van der Waals surface area contributed by atoms with Gasteiger partial charge in [-0.25, -0.2) is 0 Å². The molecule has 1 aliphatic heterocycles. The number of benzene rings is 1. The smallest absolute Gasteiger partial charge is 0.309 e. The van der Waals surface area contributed by atoms with Crippen molar-refractivity contribution < 1.29 is 4.79 Å². The van der Waals surface area contributed by atoms with Crippen molar-refractivity contribution in [2.24, 2.45) is 23.2 Å². The van der Waals surface area contributed by atoms with Crippen LogP contribution in [0.4, 0.5) is 5.69 Å². The zero-order valence-corrected chi connectivity index (χ0v) is 18.9. The van der Waals surface area contributed by atoms with Crippen molar-refractivity contribution in [2.45, 2.75) is 62.1 Å². The predicted molar refractivity (Wildman–Crippen MR) is 120 cm³/mol. The maximum atomic E-state index is 13.7. The minimum Gasteiger partial charge on any atom is -0.375 e. The first-order valence-electron chi connectivity index (χ1n) is 10.5. The molecule has 5 heteroatoms. The van der Waals surface area contributed by atoms with Crippen molar-refractivity contribution >= 4 is 43.2 Å². The molecule has 0 amide bonds. The fraction of sp³-hybridized carbons (Fsp3) is 0.565. The highest BCUT2D eigenvalue weighted by Gasteiger charge is 2.55. The Bertz CT molecular complexity index is 941. The number of fused-ring (bicyclic) bond motifs is 3. The van der Waals surface area contributed by atoms with Crippen LogP contribution in [0.5, 0.6) is 0 Å². The third-order valence-corrected chi connectivity index (χ3v) is 11.9. The largest absolute Gasteiger partial charge is 0.375 e. The summed E-state index contributed by atoms with van der Waals surface area (Å²) in [5, 5.41) is 4.16. The van der Waals surface area contributed by atoms with Gasteiger partial charge in [-0.2, -0.15) is 0 Å². The summed E-state index contributed by atoms with van der Waals surface area (Å²) in [6.07, 6.45) is 7.64. The number of para-hydroxylation sites is 1. The fourth-order valence-electron chi connectivity index (χ4n) is 6.73. The number of hydrogen-bond acceptors (Lipinski definition) is 4. The molecule has 146 valence electrons. The Morgan fingerprint density at radius 2 is 1.75 bits per heavy atom. The van der Waals surface area contributed by atoms with Gasteiger partial charge in [0.05, 0.1) is 11.1 Å². The van der Waals surface area contributed by atoms with E-state index in [1.165, 1.54) is 45.2 Å². The summed E-state index contributed by atoms with van der Waals surface area (Å²) in [4.78, 5) is 15.1. The van der Waals surface area contributed by atoms with Gasteiger partial charge in [0.2, 0.25) is 5.12 Å². The summed E-state index contributed by atoms with van der Waals surface area (Å²) in [6, 6.07) is 8.57. The molecule has 0 unspecified atom stereocenters. The van der Waals surface area contributed by atoms with Gasteiger partial charge >= 0.3 is 10.3 Å². The van der Waals surface area contributed by atoms with Crippen molar-refractivity contribution in [3.05, 3.63) is 29.1 Å². The number of nitrogens with one attached hydrogen (secondary N) is 1. The quantitative estimate of drug-likeness (QED) is 0.310. The van der Waals surface area contributed by atoms with Crippen LogP contribution in [0, 0.1) is 23.2 Å². The second-order valence-electron chi connectivity index (χ2n) is 10.0. The Morgan fingerprint density at radius 1 is 1.11 bits per heavy atom. The highest BCUT2D eigenvalue weighted by molar-refractivity contribution is 8.16. The van der Waals surface area contributed by atoms with E-state index in [0.29, 0.717) is 5.12 Å². The zero-order chi connectivity index (χ0) is 19.1. The standard InChI is InChI=1S/C23H26NOS3/c1-22(2)19-18(16-5-3-4-6-17(16)24-22)20(28-27-19)26-21(25)23-10-13-7-14(11-23)9-15(8-13)12-23/h3-6,13-15,24H,7-12H2,1-2H3/q+1. The van der Waals surface area contributed by atoms with Gasteiger partial charge in [0.15, 0.2) is 10.3 Å². The summed E-state index contributed by atoms with van der Waals surface area (Å²) in [7, 11) is 3.66. The molecule has 28 heavy (non-hydrogen) atoms. The molecule has 4 fully saturated rings. The molecule has 7 rings (SSSR count). The highest BCUT2D eigenvalue weighted by atomic mass is 32.9. The van der Waals surface area contributed by atoms with Crippen LogP contribution in [0.25, 0.3) is 11.1 Å². The summed E-state index contributed by atoms with van der Waals surface area (Å²) >= 11 is 1.58. The van der Waals surface area contributed by atoms with E-state index in [0.717, 1.165) is 37.0 Å². The van der Waals surface area contributed by atoms with E-state index in [-0.39, 0.29) is 11.0 Å². The van der Waals surface area contributed by atoms with Crippen LogP contribution in [-0.2, 0) is 10.3 Å². The third-order valence-electron chi connectivity index (χ3n) is 7.50. The van der Waals surface area contributed by atoms with Gasteiger partial charge in [-0.05, 0) is 76.2 Å². The molecule has 2 aromatic rings. The maximum absolute atomic E-state index is 13.7. The highest BCUT2D eigenvalue weighted by Crippen LogP contribution is 2.63. The lowest BCUT2D eigenvalue weighted by molar-refractivity contribution is -0.134. The van der Waals surface area contributed by atoms with Crippen LogP contribution in [0.1, 0.15) is 57.2 Å². The van der Waals surface area contributed by atoms with Gasteiger partial charge in [-0.15, -0.1) is 0 Å². The summed E-state index contributed by atoms with van der Waals surface area (Å²) in [5.74, 6) is 2.46. The minimum absolute atomic E-state index is 0.0249. The molecule has 2 nitrogen and oxygen atoms in total. The first-order valence-corrected chi connectivity index (χ1v) is 13.5. The van der Waals surface area contributed by atoms with E-state index >= 15 is 0 Å². The second-order valence-corrected chi connectivity index (χ2v) is 13.4. The number of rotatable bonds is 2. The molecule has 1 aromatic heterocycles. The molecule has 2 heterocycles. The molecule has 4 aliphatic carbocycles. The first-order chi connectivity index (χ1) is 13.4. The van der Waals surface area contributed by atoms with Gasteiger partial charge in [0.1, 0.15) is 4.88 Å². The summed E-state index contributed by atoms with van der Waals surface area (Å²) < 4.78 is 1.22. The molecular formula is C23H26NOS3+. The topological polar surface area (TPSA) is 29.1 Å². The van der Waals surface area contributed by atoms with E-state index in [2.05, 4.69) is 43.4 Å². The SMILES string of the molecule is CC1(C)Nc2ccccc2-c2c1s[s+]c2SC(=O)C12CC3CC(CC(C3)C1)C2. The minimum atomic E-state index is -0.0899. The number of anilines is 1. The molecule has 5 aliphatic rings. The van der Waals surface area contributed by atoms with E-state index in [4.69, 9.17) is 0 Å². The normalized spacial score (nSPS) is 33.9. The van der Waals surface area contributed by atoms with E-state index in [1.807, 2.05) is 20.7 Å². The Hall–Kier alpha value is -0.910. The lowest BCUT2D eigenvalue weighted by Crippen LogP contribution is -2.49. The maximum Gasteiger partial charge on any atom is 0.309 e. The molecule has 1 N–H and O–H groups in total. The van der Waals surface area contributed by atoms with Crippen LogP contribution >= 0.6 is 32.4 Å². The first kappa shape index (κ1) is 17.9. The molecule has 4 bridgehead atoms. The van der Waals surface area contributed by atoms with Gasteiger partial charge in [0.25, 0.3) is 4.21 Å². The average molecular weight is 429 g/mol. The third kappa shape index (κ3) is 2.58. The van der Waals surface area contributed by atoms with Crippen LogP contribution < -0.4 is 5.32 Å². The Balaban J connectivity index is 1.37. The lowest BCUT2D eigenvalue weighted by Gasteiger charge is -2.55. The Morgan fingerprint density at radius 3 is 2.43 bits per heavy atom.